The zero-order chi connectivity index (χ0) is 22.2. The lowest BCUT2D eigenvalue weighted by molar-refractivity contribution is -0.137. The Morgan fingerprint density at radius 2 is 1.88 bits per heavy atom. The van der Waals surface area contributed by atoms with Gasteiger partial charge in [0, 0.05) is 51.4 Å². The Kier molecular flexibility index (Phi) is 5.92. The van der Waals surface area contributed by atoms with Crippen LogP contribution in [-0.2, 0) is 22.7 Å². The molecule has 32 heavy (non-hydrogen) atoms. The van der Waals surface area contributed by atoms with E-state index < -0.39 is 0 Å². The third-order valence-electron chi connectivity index (χ3n) is 6.71. The van der Waals surface area contributed by atoms with Crippen LogP contribution in [0.4, 0.5) is 10.1 Å². The van der Waals surface area contributed by atoms with Gasteiger partial charge in [0.1, 0.15) is 5.82 Å². The fourth-order valence-corrected chi connectivity index (χ4v) is 5.48. The number of fused-ring (bicyclic) bond motifs is 1. The molecule has 0 bridgehead atoms. The maximum Gasteiger partial charge on any atom is 0.243 e. The van der Waals surface area contributed by atoms with Crippen LogP contribution in [0.1, 0.15) is 34.9 Å². The van der Waals surface area contributed by atoms with Gasteiger partial charge in [-0.05, 0) is 41.3 Å². The fraction of sp³-hybridized carbons (Fsp3) is 0.417. The molecule has 5 rings (SSSR count). The van der Waals surface area contributed by atoms with E-state index in [1.807, 2.05) is 6.07 Å². The maximum absolute atomic E-state index is 13.5. The molecule has 6 nitrogen and oxygen atoms in total. The van der Waals surface area contributed by atoms with Crippen molar-refractivity contribution in [2.75, 3.05) is 31.1 Å². The van der Waals surface area contributed by atoms with Crippen LogP contribution in [0.25, 0.3) is 0 Å². The average Bonchev–Trinajstić information content (AvgIpc) is 3.10. The number of rotatable bonds is 4. The van der Waals surface area contributed by atoms with Gasteiger partial charge in [-0.2, -0.15) is 12.6 Å². The highest BCUT2D eigenvalue weighted by Gasteiger charge is 2.39. The first-order chi connectivity index (χ1) is 15.5. The molecule has 2 saturated heterocycles. The Bertz CT molecular complexity index is 1040. The molecule has 2 amide bonds. The number of hydrogen-bond donors (Lipinski definition) is 2. The molecule has 2 unspecified atom stereocenters. The van der Waals surface area contributed by atoms with Gasteiger partial charge < -0.3 is 4.90 Å². The number of benzene rings is 2. The molecule has 2 atom stereocenters. The lowest BCUT2D eigenvalue weighted by atomic mass is 10.0. The Hall–Kier alpha value is -2.42. The highest BCUT2D eigenvalue weighted by atomic mass is 32.1. The molecule has 1 N–H and O–H groups in total. The van der Waals surface area contributed by atoms with Gasteiger partial charge >= 0.3 is 0 Å². The largest absolute Gasteiger partial charge is 0.369 e. The number of carbonyl (C=O) groups is 2. The Morgan fingerprint density at radius 1 is 1.06 bits per heavy atom. The molecule has 2 aromatic rings. The second-order valence-corrected chi connectivity index (χ2v) is 9.28. The van der Waals surface area contributed by atoms with Crippen molar-refractivity contribution in [1.29, 1.82) is 0 Å². The molecule has 0 aromatic heterocycles. The number of carbonyl (C=O) groups excluding carboxylic acids is 2. The van der Waals surface area contributed by atoms with Crippen molar-refractivity contribution in [2.24, 2.45) is 0 Å². The summed E-state index contributed by atoms with van der Waals surface area (Å²) in [7, 11) is 0. The topological polar surface area (TPSA) is 55.9 Å². The summed E-state index contributed by atoms with van der Waals surface area (Å²) in [5.41, 5.74) is 4.52. The molecule has 0 saturated carbocycles. The molecular weight excluding hydrogens is 427 g/mol. The lowest BCUT2D eigenvalue weighted by Gasteiger charge is -2.36. The monoisotopic (exact) mass is 454 g/mol. The SMILES string of the molecule is O=C1CCC(N2Cc3cc(CN4CCN(c5cccc(F)c5)CC4)ccc3C2S)C(=O)N1. The number of thiol groups is 1. The van der Waals surface area contributed by atoms with Crippen LogP contribution in [0, 0.1) is 5.82 Å². The minimum atomic E-state index is -0.318. The first kappa shape index (κ1) is 21.4. The van der Waals surface area contributed by atoms with E-state index in [2.05, 4.69) is 38.2 Å². The Morgan fingerprint density at radius 3 is 2.62 bits per heavy atom. The van der Waals surface area contributed by atoms with Crippen LogP contribution >= 0.6 is 12.6 Å². The second kappa shape index (κ2) is 8.84. The summed E-state index contributed by atoms with van der Waals surface area (Å²) in [6.45, 7) is 5.11. The molecule has 0 aliphatic carbocycles. The first-order valence-corrected chi connectivity index (χ1v) is 11.6. The molecule has 2 aromatic carbocycles. The van der Waals surface area contributed by atoms with E-state index in [0.29, 0.717) is 19.4 Å². The van der Waals surface area contributed by atoms with Crippen LogP contribution in [0.3, 0.4) is 0 Å². The minimum absolute atomic E-state index is 0.141. The zero-order valence-corrected chi connectivity index (χ0v) is 18.7. The van der Waals surface area contributed by atoms with Crippen LogP contribution < -0.4 is 10.2 Å². The first-order valence-electron chi connectivity index (χ1n) is 11.1. The predicted molar refractivity (Wildman–Crippen MR) is 124 cm³/mol. The van der Waals surface area contributed by atoms with Crippen molar-refractivity contribution in [3.63, 3.8) is 0 Å². The number of piperazine rings is 1. The number of anilines is 1. The van der Waals surface area contributed by atoms with Crippen molar-refractivity contribution < 1.29 is 14.0 Å². The molecular formula is C24H27FN4O2S. The number of nitrogens with one attached hydrogen (secondary N) is 1. The van der Waals surface area contributed by atoms with Gasteiger partial charge in [-0.1, -0.05) is 24.3 Å². The van der Waals surface area contributed by atoms with Gasteiger partial charge in [0.25, 0.3) is 0 Å². The van der Waals surface area contributed by atoms with Gasteiger partial charge in [0.05, 0.1) is 11.4 Å². The molecule has 3 aliphatic rings. The molecule has 168 valence electrons. The van der Waals surface area contributed by atoms with E-state index in [1.54, 1.807) is 12.1 Å². The normalized spacial score (nSPS) is 24.5. The van der Waals surface area contributed by atoms with Crippen LogP contribution in [0.2, 0.25) is 0 Å². The number of halogens is 1. The van der Waals surface area contributed by atoms with Gasteiger partial charge in [-0.15, -0.1) is 0 Å². The Labute approximate surface area is 192 Å². The highest BCUT2D eigenvalue weighted by Crippen LogP contribution is 2.39. The Balaban J connectivity index is 1.21. The van der Waals surface area contributed by atoms with E-state index in [0.717, 1.165) is 44.0 Å². The quantitative estimate of drug-likeness (QED) is 0.550. The van der Waals surface area contributed by atoms with Crippen molar-refractivity contribution >= 4 is 30.1 Å². The molecule has 2 fully saturated rings. The molecule has 8 heteroatoms. The number of nitrogens with zero attached hydrogens (tertiary/aromatic N) is 3. The van der Waals surface area contributed by atoms with E-state index in [9.17, 15) is 14.0 Å². The number of imide groups is 1. The predicted octanol–water partition coefficient (Wildman–Crippen LogP) is 2.70. The maximum atomic E-state index is 13.5. The number of amides is 2. The zero-order valence-electron chi connectivity index (χ0n) is 17.8. The minimum Gasteiger partial charge on any atom is -0.369 e. The van der Waals surface area contributed by atoms with Crippen molar-refractivity contribution in [3.05, 3.63) is 65.0 Å². The number of piperidine rings is 1. The lowest BCUT2D eigenvalue weighted by Crippen LogP contribution is -2.51. The molecule has 3 aliphatic heterocycles. The van der Waals surface area contributed by atoms with Crippen molar-refractivity contribution in [3.8, 4) is 0 Å². The van der Waals surface area contributed by atoms with Gasteiger partial charge in [-0.3, -0.25) is 24.7 Å². The second-order valence-electron chi connectivity index (χ2n) is 8.79. The van der Waals surface area contributed by atoms with Crippen LogP contribution in [-0.4, -0.2) is 53.8 Å². The van der Waals surface area contributed by atoms with Crippen LogP contribution in [0.5, 0.6) is 0 Å². The summed E-state index contributed by atoms with van der Waals surface area (Å²) in [5.74, 6) is -0.611. The van der Waals surface area contributed by atoms with Gasteiger partial charge in [0.15, 0.2) is 0 Å². The summed E-state index contributed by atoms with van der Waals surface area (Å²) < 4.78 is 13.5. The third kappa shape index (κ3) is 4.27. The summed E-state index contributed by atoms with van der Waals surface area (Å²) in [6, 6.07) is 13.0. The van der Waals surface area contributed by atoms with E-state index in [-0.39, 0.29) is 29.0 Å². The average molecular weight is 455 g/mol. The van der Waals surface area contributed by atoms with Gasteiger partial charge in [-0.25, -0.2) is 4.39 Å². The third-order valence-corrected chi connectivity index (χ3v) is 7.29. The molecule has 3 heterocycles. The van der Waals surface area contributed by atoms with E-state index in [1.165, 1.54) is 17.2 Å². The summed E-state index contributed by atoms with van der Waals surface area (Å²) in [4.78, 5) is 30.5. The number of hydrogen-bond acceptors (Lipinski definition) is 6. The van der Waals surface area contributed by atoms with E-state index in [4.69, 9.17) is 12.6 Å². The van der Waals surface area contributed by atoms with Crippen molar-refractivity contribution in [2.45, 2.75) is 37.3 Å². The summed E-state index contributed by atoms with van der Waals surface area (Å²) >= 11 is 4.78. The fourth-order valence-electron chi connectivity index (χ4n) is 4.98. The van der Waals surface area contributed by atoms with Crippen molar-refractivity contribution in [1.82, 2.24) is 15.1 Å². The molecule has 0 spiro atoms. The standard InChI is InChI=1S/C24H27FN4O2S/c25-18-2-1-3-19(13-18)28-10-8-27(9-11-28)14-16-4-5-20-17(12-16)15-29(24(20)32)21-6-7-22(30)26-23(21)31/h1-5,12-13,21,24,32H,6-11,14-15H2,(H,26,30,31). The van der Waals surface area contributed by atoms with Crippen LogP contribution in [0.15, 0.2) is 42.5 Å². The van der Waals surface area contributed by atoms with Gasteiger partial charge in [0.2, 0.25) is 11.8 Å². The summed E-state index contributed by atoms with van der Waals surface area (Å²) in [5, 5.41) is 2.31. The smallest absolute Gasteiger partial charge is 0.243 e. The summed E-state index contributed by atoms with van der Waals surface area (Å²) in [6.07, 6.45) is 0.911. The van der Waals surface area contributed by atoms with E-state index >= 15 is 0 Å². The highest BCUT2D eigenvalue weighted by molar-refractivity contribution is 7.80. The molecule has 0 radical (unpaired) electrons.